The summed E-state index contributed by atoms with van der Waals surface area (Å²) in [7, 11) is 1.68. The van der Waals surface area contributed by atoms with E-state index in [1.165, 1.54) is 25.7 Å². The first kappa shape index (κ1) is 25.5. The fourth-order valence-electron chi connectivity index (χ4n) is 5.60. The number of ether oxygens (including phenoxy) is 1. The van der Waals surface area contributed by atoms with Gasteiger partial charge in [0.1, 0.15) is 11.5 Å². The highest BCUT2D eigenvalue weighted by Gasteiger charge is 2.20. The van der Waals surface area contributed by atoms with Crippen molar-refractivity contribution in [2.75, 3.05) is 38.6 Å². The van der Waals surface area contributed by atoms with Gasteiger partial charge in [0, 0.05) is 46.9 Å². The fraction of sp³-hybridized carbons (Fsp3) is 0.379. The molecule has 2 aromatic heterocycles. The molecule has 2 aliphatic heterocycles. The first-order chi connectivity index (χ1) is 17.7. The summed E-state index contributed by atoms with van der Waals surface area (Å²) in [4.78, 5) is 14.2. The minimum Gasteiger partial charge on any atom is -0.507 e. The number of halogens is 1. The second-order valence-corrected chi connectivity index (χ2v) is 9.98. The molecule has 8 heteroatoms. The molecule has 0 spiro atoms. The number of nitrogens with one attached hydrogen (secondary N) is 1. The van der Waals surface area contributed by atoms with Crippen molar-refractivity contribution < 1.29 is 9.84 Å². The van der Waals surface area contributed by atoms with Crippen molar-refractivity contribution in [2.45, 2.75) is 38.8 Å². The lowest BCUT2D eigenvalue weighted by Crippen LogP contribution is -2.20. The predicted molar refractivity (Wildman–Crippen MR) is 151 cm³/mol. The summed E-state index contributed by atoms with van der Waals surface area (Å²) in [6.45, 7) is 5.88. The third kappa shape index (κ3) is 5.30. The number of hydrogen-bond acceptors (Lipinski definition) is 7. The van der Waals surface area contributed by atoms with Gasteiger partial charge in [-0.05, 0) is 94.3 Å². The molecule has 4 heterocycles. The second kappa shape index (κ2) is 11.1. The number of methoxy groups -OCH3 is 1. The molecule has 0 radical (unpaired) electrons. The topological polar surface area (TPSA) is 73.8 Å². The third-order valence-corrected chi connectivity index (χ3v) is 7.48. The monoisotopic (exact) mass is 519 g/mol. The summed E-state index contributed by atoms with van der Waals surface area (Å²) in [5.41, 5.74) is 5.44. The zero-order valence-corrected chi connectivity index (χ0v) is 22.1. The quantitative estimate of drug-likeness (QED) is 0.234. The minimum atomic E-state index is 0. The molecule has 2 saturated heterocycles. The van der Waals surface area contributed by atoms with Crippen LogP contribution in [0.25, 0.3) is 21.9 Å². The van der Waals surface area contributed by atoms with Crippen LogP contribution in [0.15, 0.2) is 48.7 Å². The van der Waals surface area contributed by atoms with Gasteiger partial charge in [0.2, 0.25) is 0 Å². The van der Waals surface area contributed by atoms with Gasteiger partial charge < -0.3 is 15.2 Å². The molecule has 2 aliphatic rings. The van der Waals surface area contributed by atoms with Crippen LogP contribution in [-0.4, -0.2) is 58.2 Å². The van der Waals surface area contributed by atoms with Gasteiger partial charge >= 0.3 is 0 Å². The number of benzene rings is 2. The molecule has 6 rings (SSSR count). The highest BCUT2D eigenvalue weighted by molar-refractivity contribution is 6.08. The van der Waals surface area contributed by atoms with Gasteiger partial charge in [0.15, 0.2) is 5.65 Å². The van der Waals surface area contributed by atoms with E-state index in [2.05, 4.69) is 32.2 Å². The summed E-state index contributed by atoms with van der Waals surface area (Å²) in [5, 5.41) is 16.9. The van der Waals surface area contributed by atoms with Crippen LogP contribution >= 0.6 is 12.4 Å². The molecule has 2 fully saturated rings. The average molecular weight is 520 g/mol. The van der Waals surface area contributed by atoms with Crippen LogP contribution in [0.5, 0.6) is 11.5 Å². The number of pyridine rings is 2. The molecule has 0 unspecified atom stereocenters. The molecule has 2 aromatic carbocycles. The summed E-state index contributed by atoms with van der Waals surface area (Å²) in [6.07, 6.45) is 6.68. The minimum absolute atomic E-state index is 0. The van der Waals surface area contributed by atoms with E-state index in [1.54, 1.807) is 13.3 Å². The fourth-order valence-corrected chi connectivity index (χ4v) is 5.60. The largest absolute Gasteiger partial charge is 0.507 e. The van der Waals surface area contributed by atoms with E-state index in [9.17, 15) is 5.11 Å². The summed E-state index contributed by atoms with van der Waals surface area (Å²) in [6, 6.07) is 14.1. The van der Waals surface area contributed by atoms with Gasteiger partial charge in [-0.25, -0.2) is 9.97 Å². The number of anilines is 2. The number of nitrogens with zero attached hydrogens (tertiary/aromatic N) is 4. The molecule has 194 valence electrons. The van der Waals surface area contributed by atoms with Crippen LogP contribution in [-0.2, 0) is 13.1 Å². The van der Waals surface area contributed by atoms with Crippen LogP contribution in [0.1, 0.15) is 36.8 Å². The Balaban J connectivity index is 0.00000280. The SMILES string of the molecule is COc1ccc2nc3ncccc3c(Nc3cc(CN4CCCC4)c(O)c(CN4CCCC4)c3)c2c1.Cl. The number of hydrogen-bond donors (Lipinski definition) is 2. The van der Waals surface area contributed by atoms with Crippen molar-refractivity contribution in [3.8, 4) is 11.5 Å². The van der Waals surface area contributed by atoms with E-state index >= 15 is 0 Å². The molecule has 0 bridgehead atoms. The van der Waals surface area contributed by atoms with E-state index in [-0.39, 0.29) is 12.4 Å². The molecule has 2 N–H and O–H groups in total. The van der Waals surface area contributed by atoms with E-state index in [4.69, 9.17) is 9.72 Å². The highest BCUT2D eigenvalue weighted by Crippen LogP contribution is 2.37. The molecular formula is C29H34ClN5O2. The average Bonchev–Trinajstić information content (AvgIpc) is 3.61. The Hall–Kier alpha value is -3.13. The standard InChI is InChI=1S/C29H33N5O2.ClH/c1-36-23-8-9-26-25(17-23)27(24-7-6-10-30-29(24)32-26)31-22-15-20(18-33-11-2-3-12-33)28(35)21(16-22)19-34-13-4-5-14-34;/h6-10,15-17,35H,2-5,11-14,18-19H2,1H3,(H,30,31,32);1H. The summed E-state index contributed by atoms with van der Waals surface area (Å²) >= 11 is 0. The number of aromatic nitrogens is 2. The Bertz CT molecular complexity index is 1360. The maximum absolute atomic E-state index is 11.3. The molecule has 0 atom stereocenters. The van der Waals surface area contributed by atoms with Crippen molar-refractivity contribution in [1.29, 1.82) is 0 Å². The molecule has 4 aromatic rings. The van der Waals surface area contributed by atoms with Gasteiger partial charge in [-0.1, -0.05) is 0 Å². The zero-order valence-electron chi connectivity index (χ0n) is 21.2. The third-order valence-electron chi connectivity index (χ3n) is 7.48. The smallest absolute Gasteiger partial charge is 0.161 e. The maximum atomic E-state index is 11.3. The number of phenols is 1. The van der Waals surface area contributed by atoms with Crippen molar-refractivity contribution in [1.82, 2.24) is 19.8 Å². The Labute approximate surface area is 223 Å². The van der Waals surface area contributed by atoms with E-state index in [1.807, 2.05) is 30.3 Å². The van der Waals surface area contributed by atoms with E-state index in [0.717, 1.165) is 83.8 Å². The molecule has 0 amide bonds. The molecule has 37 heavy (non-hydrogen) atoms. The molecule has 0 saturated carbocycles. The number of likely N-dealkylation sites (tertiary alicyclic amines) is 2. The van der Waals surface area contributed by atoms with Gasteiger partial charge in [-0.2, -0.15) is 0 Å². The van der Waals surface area contributed by atoms with Crippen molar-refractivity contribution in [3.63, 3.8) is 0 Å². The number of rotatable bonds is 7. The van der Waals surface area contributed by atoms with E-state index in [0.29, 0.717) is 11.4 Å². The Morgan fingerprint density at radius 2 is 1.54 bits per heavy atom. The maximum Gasteiger partial charge on any atom is 0.161 e. The second-order valence-electron chi connectivity index (χ2n) is 9.98. The van der Waals surface area contributed by atoms with Gasteiger partial charge in [-0.3, -0.25) is 9.80 Å². The summed E-state index contributed by atoms with van der Waals surface area (Å²) < 4.78 is 5.53. The summed E-state index contributed by atoms with van der Waals surface area (Å²) in [5.74, 6) is 1.22. The first-order valence-electron chi connectivity index (χ1n) is 13.0. The number of aromatic hydroxyl groups is 1. The lowest BCUT2D eigenvalue weighted by Gasteiger charge is -2.22. The number of phenolic OH excluding ortho intramolecular Hbond substituents is 1. The van der Waals surface area contributed by atoms with Crippen molar-refractivity contribution in [3.05, 3.63) is 59.8 Å². The normalized spacial score (nSPS) is 16.4. The van der Waals surface area contributed by atoms with Crippen LogP contribution in [0.2, 0.25) is 0 Å². The van der Waals surface area contributed by atoms with Crippen molar-refractivity contribution in [2.24, 2.45) is 0 Å². The van der Waals surface area contributed by atoms with Crippen LogP contribution in [0.3, 0.4) is 0 Å². The van der Waals surface area contributed by atoms with Crippen LogP contribution in [0.4, 0.5) is 11.4 Å². The Morgan fingerprint density at radius 3 is 2.16 bits per heavy atom. The highest BCUT2D eigenvalue weighted by atomic mass is 35.5. The number of fused-ring (bicyclic) bond motifs is 2. The van der Waals surface area contributed by atoms with Gasteiger partial charge in [-0.15, -0.1) is 12.4 Å². The predicted octanol–water partition coefficient (Wildman–Crippen LogP) is 5.85. The van der Waals surface area contributed by atoms with Crippen LogP contribution in [0, 0.1) is 0 Å². The first-order valence-corrected chi connectivity index (χ1v) is 13.0. The zero-order chi connectivity index (χ0) is 24.5. The van der Waals surface area contributed by atoms with E-state index < -0.39 is 0 Å². The molecule has 7 nitrogen and oxygen atoms in total. The van der Waals surface area contributed by atoms with Gasteiger partial charge in [0.25, 0.3) is 0 Å². The molecule has 0 aliphatic carbocycles. The lowest BCUT2D eigenvalue weighted by atomic mass is 10.0. The Kier molecular flexibility index (Phi) is 7.65. The molecular weight excluding hydrogens is 486 g/mol. The lowest BCUT2D eigenvalue weighted by molar-refractivity contribution is 0.312. The van der Waals surface area contributed by atoms with Crippen molar-refractivity contribution >= 4 is 45.7 Å². The van der Waals surface area contributed by atoms with Crippen LogP contribution < -0.4 is 10.1 Å². The Morgan fingerprint density at radius 1 is 0.892 bits per heavy atom. The van der Waals surface area contributed by atoms with Gasteiger partial charge in [0.05, 0.1) is 18.3 Å².